The number of benzene rings is 1. The number of rotatable bonds is 4. The third-order valence-corrected chi connectivity index (χ3v) is 6.15. The first-order chi connectivity index (χ1) is 11.4. The molecule has 23 heavy (non-hydrogen) atoms. The third-order valence-electron chi connectivity index (χ3n) is 5.21. The van der Waals surface area contributed by atoms with Gasteiger partial charge in [0.1, 0.15) is 5.01 Å². The van der Waals surface area contributed by atoms with Gasteiger partial charge in [0.15, 0.2) is 0 Å². The van der Waals surface area contributed by atoms with Gasteiger partial charge < -0.3 is 0 Å². The minimum Gasteiger partial charge on any atom is -0.298 e. The Labute approximate surface area is 143 Å². The molecule has 0 unspecified atom stereocenters. The quantitative estimate of drug-likeness (QED) is 0.850. The van der Waals surface area contributed by atoms with Crippen molar-refractivity contribution in [2.24, 2.45) is 0 Å². The average Bonchev–Trinajstić information content (AvgIpc) is 3.28. The molecule has 0 spiro atoms. The number of thiazole rings is 1. The molecular weight excluding hydrogens is 302 g/mol. The summed E-state index contributed by atoms with van der Waals surface area (Å²) in [4.78, 5) is 10.1. The van der Waals surface area contributed by atoms with E-state index in [4.69, 9.17) is 4.98 Å². The summed E-state index contributed by atoms with van der Waals surface area (Å²) in [6, 6.07) is 11.4. The van der Waals surface area contributed by atoms with Gasteiger partial charge in [-0.3, -0.25) is 9.80 Å². The van der Waals surface area contributed by atoms with Crippen LogP contribution in [-0.4, -0.2) is 47.0 Å². The molecule has 122 valence electrons. The van der Waals surface area contributed by atoms with Gasteiger partial charge in [-0.05, 0) is 12.8 Å². The van der Waals surface area contributed by atoms with E-state index in [1.165, 1.54) is 63.1 Å². The van der Waals surface area contributed by atoms with Crippen LogP contribution in [0.1, 0.15) is 31.4 Å². The molecule has 1 aromatic heterocycles. The summed E-state index contributed by atoms with van der Waals surface area (Å²) in [6.07, 6.45) is 5.72. The Kier molecular flexibility index (Phi) is 4.74. The van der Waals surface area contributed by atoms with Crippen LogP contribution in [-0.2, 0) is 6.54 Å². The van der Waals surface area contributed by atoms with Crippen molar-refractivity contribution in [3.8, 4) is 10.6 Å². The highest BCUT2D eigenvalue weighted by Crippen LogP contribution is 2.26. The highest BCUT2D eigenvalue weighted by molar-refractivity contribution is 7.13. The SMILES string of the molecule is c1ccc(-c2nc(CN3CCN(C4CCCC4)CC3)cs2)cc1. The molecule has 0 radical (unpaired) electrons. The van der Waals surface area contributed by atoms with E-state index >= 15 is 0 Å². The second-order valence-corrected chi connectivity index (χ2v) is 7.62. The predicted octanol–water partition coefficient (Wildman–Crippen LogP) is 3.87. The molecule has 0 amide bonds. The first-order valence-corrected chi connectivity index (χ1v) is 9.73. The molecule has 4 rings (SSSR count). The predicted molar refractivity (Wildman–Crippen MR) is 96.7 cm³/mol. The molecule has 3 nitrogen and oxygen atoms in total. The summed E-state index contributed by atoms with van der Waals surface area (Å²) in [5.41, 5.74) is 2.46. The molecule has 1 aliphatic carbocycles. The normalized spacial score (nSPS) is 21.0. The maximum absolute atomic E-state index is 4.83. The summed E-state index contributed by atoms with van der Waals surface area (Å²) in [7, 11) is 0. The van der Waals surface area contributed by atoms with Crippen LogP contribution in [0.3, 0.4) is 0 Å². The highest BCUT2D eigenvalue weighted by Gasteiger charge is 2.26. The summed E-state index contributed by atoms with van der Waals surface area (Å²) >= 11 is 1.76. The second-order valence-electron chi connectivity index (χ2n) is 6.76. The molecule has 2 aromatic rings. The third kappa shape index (κ3) is 3.65. The molecule has 1 aromatic carbocycles. The second kappa shape index (κ2) is 7.12. The van der Waals surface area contributed by atoms with Gasteiger partial charge >= 0.3 is 0 Å². The molecule has 1 saturated carbocycles. The van der Waals surface area contributed by atoms with Crippen LogP contribution >= 0.6 is 11.3 Å². The van der Waals surface area contributed by atoms with Crippen LogP contribution in [0, 0.1) is 0 Å². The summed E-state index contributed by atoms with van der Waals surface area (Å²) < 4.78 is 0. The van der Waals surface area contributed by atoms with Crippen LogP contribution in [0.15, 0.2) is 35.7 Å². The fourth-order valence-electron chi connectivity index (χ4n) is 3.88. The molecule has 2 aliphatic rings. The zero-order valence-electron chi connectivity index (χ0n) is 13.7. The van der Waals surface area contributed by atoms with E-state index in [9.17, 15) is 0 Å². The Morgan fingerprint density at radius 3 is 2.48 bits per heavy atom. The van der Waals surface area contributed by atoms with E-state index in [1.807, 2.05) is 0 Å². The largest absolute Gasteiger partial charge is 0.298 e. The van der Waals surface area contributed by atoms with Crippen LogP contribution in [0.2, 0.25) is 0 Å². The lowest BCUT2D eigenvalue weighted by Gasteiger charge is -2.37. The van der Waals surface area contributed by atoms with Crippen molar-refractivity contribution in [3.63, 3.8) is 0 Å². The minimum atomic E-state index is 0.876. The molecule has 2 fully saturated rings. The first-order valence-electron chi connectivity index (χ1n) is 8.85. The van der Waals surface area contributed by atoms with Crippen LogP contribution in [0.25, 0.3) is 10.6 Å². The number of piperazine rings is 1. The van der Waals surface area contributed by atoms with Gasteiger partial charge in [-0.25, -0.2) is 4.98 Å². The maximum atomic E-state index is 4.83. The zero-order chi connectivity index (χ0) is 15.5. The average molecular weight is 327 g/mol. The van der Waals surface area contributed by atoms with E-state index in [1.54, 1.807) is 11.3 Å². The van der Waals surface area contributed by atoms with E-state index in [-0.39, 0.29) is 0 Å². The molecule has 0 bridgehead atoms. The number of nitrogens with zero attached hydrogens (tertiary/aromatic N) is 3. The van der Waals surface area contributed by atoms with Crippen LogP contribution in [0.4, 0.5) is 0 Å². The van der Waals surface area contributed by atoms with Crippen molar-refractivity contribution in [1.29, 1.82) is 0 Å². The van der Waals surface area contributed by atoms with Gasteiger partial charge in [-0.1, -0.05) is 43.2 Å². The fourth-order valence-corrected chi connectivity index (χ4v) is 4.70. The Morgan fingerprint density at radius 1 is 1.00 bits per heavy atom. The highest BCUT2D eigenvalue weighted by atomic mass is 32.1. The summed E-state index contributed by atoms with van der Waals surface area (Å²) in [6.45, 7) is 5.85. The van der Waals surface area contributed by atoms with E-state index in [0.717, 1.165) is 17.6 Å². The summed E-state index contributed by atoms with van der Waals surface area (Å²) in [5, 5.41) is 3.37. The molecule has 0 N–H and O–H groups in total. The Balaban J connectivity index is 1.32. The van der Waals surface area contributed by atoms with Gasteiger partial charge in [0.05, 0.1) is 5.69 Å². The van der Waals surface area contributed by atoms with Gasteiger partial charge in [-0.2, -0.15) is 0 Å². The molecular formula is C19H25N3S. The van der Waals surface area contributed by atoms with Gasteiger partial charge in [0.2, 0.25) is 0 Å². The molecule has 1 aliphatic heterocycles. The fraction of sp³-hybridized carbons (Fsp3) is 0.526. The van der Waals surface area contributed by atoms with Crippen molar-refractivity contribution in [2.45, 2.75) is 38.3 Å². The van der Waals surface area contributed by atoms with Gasteiger partial charge in [-0.15, -0.1) is 11.3 Å². The van der Waals surface area contributed by atoms with E-state index in [2.05, 4.69) is 45.5 Å². The lowest BCUT2D eigenvalue weighted by atomic mass is 10.2. The standard InChI is InChI=1S/C19H25N3S/c1-2-6-16(7-3-1)19-20-17(15-23-19)14-21-10-12-22(13-11-21)18-8-4-5-9-18/h1-3,6-7,15,18H,4-5,8-14H2. The van der Waals surface area contributed by atoms with Gasteiger partial charge in [0.25, 0.3) is 0 Å². The maximum Gasteiger partial charge on any atom is 0.123 e. The van der Waals surface area contributed by atoms with Crippen molar-refractivity contribution in [1.82, 2.24) is 14.8 Å². The molecule has 1 saturated heterocycles. The Hall–Kier alpha value is -1.23. The summed E-state index contributed by atoms with van der Waals surface area (Å²) in [5.74, 6) is 0. The van der Waals surface area contributed by atoms with Crippen LogP contribution < -0.4 is 0 Å². The molecule has 0 atom stereocenters. The molecule has 4 heteroatoms. The Morgan fingerprint density at radius 2 is 1.74 bits per heavy atom. The number of hydrogen-bond donors (Lipinski definition) is 0. The van der Waals surface area contributed by atoms with E-state index < -0.39 is 0 Å². The van der Waals surface area contributed by atoms with E-state index in [0.29, 0.717) is 0 Å². The van der Waals surface area contributed by atoms with Crippen molar-refractivity contribution in [2.75, 3.05) is 26.2 Å². The minimum absolute atomic E-state index is 0.876. The van der Waals surface area contributed by atoms with Crippen LogP contribution in [0.5, 0.6) is 0 Å². The first kappa shape index (κ1) is 15.3. The zero-order valence-corrected chi connectivity index (χ0v) is 14.5. The van der Waals surface area contributed by atoms with Crippen molar-refractivity contribution in [3.05, 3.63) is 41.4 Å². The lowest BCUT2D eigenvalue weighted by Crippen LogP contribution is -2.49. The monoisotopic (exact) mass is 327 g/mol. The Bertz CT molecular complexity index is 611. The van der Waals surface area contributed by atoms with Crippen molar-refractivity contribution < 1.29 is 0 Å². The topological polar surface area (TPSA) is 19.4 Å². The van der Waals surface area contributed by atoms with Crippen molar-refractivity contribution >= 4 is 11.3 Å². The lowest BCUT2D eigenvalue weighted by molar-refractivity contribution is 0.0931. The smallest absolute Gasteiger partial charge is 0.123 e. The van der Waals surface area contributed by atoms with Gasteiger partial charge in [0, 0.05) is 49.7 Å². The molecule has 2 heterocycles. The number of hydrogen-bond acceptors (Lipinski definition) is 4. The number of aromatic nitrogens is 1.